The average molecular weight is 219 g/mol. The molecular weight excluding hydrogens is 202 g/mol. The molecule has 3 N–H and O–H groups in total. The Bertz CT molecular complexity index is 424. The van der Waals surface area contributed by atoms with Crippen LogP contribution in [0.2, 0.25) is 0 Å². The summed E-state index contributed by atoms with van der Waals surface area (Å²) in [5.74, 6) is 0.848. The van der Waals surface area contributed by atoms with Gasteiger partial charge in [-0.1, -0.05) is 12.1 Å². The summed E-state index contributed by atoms with van der Waals surface area (Å²) in [4.78, 5) is 0. The molecule has 1 aliphatic rings. The van der Waals surface area contributed by atoms with Gasteiger partial charge in [0.1, 0.15) is 11.4 Å². The van der Waals surface area contributed by atoms with Gasteiger partial charge in [-0.2, -0.15) is 0 Å². The number of aliphatic hydroxyl groups is 1. The van der Waals surface area contributed by atoms with Crippen molar-refractivity contribution in [2.45, 2.75) is 25.6 Å². The van der Waals surface area contributed by atoms with Gasteiger partial charge in [0.15, 0.2) is 0 Å². The molecule has 0 saturated carbocycles. The summed E-state index contributed by atoms with van der Waals surface area (Å²) in [5.41, 5.74) is 6.98. The molecule has 0 saturated heterocycles. The lowest BCUT2D eigenvalue weighted by Crippen LogP contribution is -2.27. The monoisotopic (exact) mass is 219 g/mol. The highest BCUT2D eigenvalue weighted by atomic mass is 16.5. The molecule has 0 amide bonds. The van der Waals surface area contributed by atoms with E-state index in [0.717, 1.165) is 16.9 Å². The molecule has 16 heavy (non-hydrogen) atoms. The number of benzene rings is 1. The molecule has 1 unspecified atom stereocenters. The quantitative estimate of drug-likeness (QED) is 0.798. The minimum Gasteiger partial charge on any atom is -0.483 e. The minimum absolute atomic E-state index is 0.231. The predicted molar refractivity (Wildman–Crippen MR) is 64.2 cm³/mol. The van der Waals surface area contributed by atoms with Crippen LogP contribution < -0.4 is 10.5 Å². The highest BCUT2D eigenvalue weighted by molar-refractivity contribution is 5.61. The van der Waals surface area contributed by atoms with Gasteiger partial charge in [0.05, 0.1) is 6.10 Å². The lowest BCUT2D eigenvalue weighted by atomic mass is 9.99. The third-order valence-corrected chi connectivity index (χ3v) is 2.68. The maximum atomic E-state index is 9.64. The highest BCUT2D eigenvalue weighted by Crippen LogP contribution is 2.32. The molecule has 0 aromatic heterocycles. The SMILES string of the molecule is CC1(C)C=Cc2cc(C(O)CN)ccc2O1. The number of hydrogen-bond acceptors (Lipinski definition) is 3. The van der Waals surface area contributed by atoms with Gasteiger partial charge in [-0.15, -0.1) is 0 Å². The third kappa shape index (κ3) is 2.10. The Balaban J connectivity index is 2.35. The van der Waals surface area contributed by atoms with Crippen molar-refractivity contribution in [1.82, 2.24) is 0 Å². The van der Waals surface area contributed by atoms with Crippen LogP contribution in [-0.2, 0) is 0 Å². The Morgan fingerprint density at radius 2 is 2.19 bits per heavy atom. The molecule has 0 fully saturated rings. The topological polar surface area (TPSA) is 55.5 Å². The largest absolute Gasteiger partial charge is 0.483 e. The zero-order chi connectivity index (χ0) is 11.8. The van der Waals surface area contributed by atoms with E-state index in [2.05, 4.69) is 0 Å². The Labute approximate surface area is 95.5 Å². The number of ether oxygens (including phenoxy) is 1. The zero-order valence-electron chi connectivity index (χ0n) is 9.60. The average Bonchev–Trinajstić information content (AvgIpc) is 2.26. The van der Waals surface area contributed by atoms with Gasteiger partial charge in [0.2, 0.25) is 0 Å². The summed E-state index contributed by atoms with van der Waals surface area (Å²) in [6, 6.07) is 5.65. The first-order valence-electron chi connectivity index (χ1n) is 5.42. The van der Waals surface area contributed by atoms with Gasteiger partial charge in [0.25, 0.3) is 0 Å². The fourth-order valence-electron chi connectivity index (χ4n) is 1.74. The molecule has 3 heteroatoms. The number of fused-ring (bicyclic) bond motifs is 1. The smallest absolute Gasteiger partial charge is 0.127 e. The van der Waals surface area contributed by atoms with E-state index >= 15 is 0 Å². The molecule has 2 rings (SSSR count). The van der Waals surface area contributed by atoms with Gasteiger partial charge in [0, 0.05) is 12.1 Å². The molecule has 3 nitrogen and oxygen atoms in total. The molecule has 1 aromatic rings. The van der Waals surface area contributed by atoms with E-state index in [1.165, 1.54) is 0 Å². The standard InChI is InChI=1S/C13H17NO2/c1-13(2)6-5-10-7-9(11(15)8-14)3-4-12(10)16-13/h3-7,11,15H,8,14H2,1-2H3. The van der Waals surface area contributed by atoms with Crippen molar-refractivity contribution in [2.75, 3.05) is 6.54 Å². The van der Waals surface area contributed by atoms with Crippen LogP contribution in [0, 0.1) is 0 Å². The number of nitrogens with two attached hydrogens (primary N) is 1. The normalized spacial score (nSPS) is 18.8. The first kappa shape index (κ1) is 11.2. The molecule has 0 radical (unpaired) electrons. The second kappa shape index (κ2) is 3.92. The van der Waals surface area contributed by atoms with Crippen LogP contribution in [0.1, 0.15) is 31.1 Å². The first-order chi connectivity index (χ1) is 7.52. The summed E-state index contributed by atoms with van der Waals surface area (Å²) in [6.07, 6.45) is 3.42. The van der Waals surface area contributed by atoms with Crippen molar-refractivity contribution in [1.29, 1.82) is 0 Å². The van der Waals surface area contributed by atoms with Crippen molar-refractivity contribution >= 4 is 6.08 Å². The van der Waals surface area contributed by atoms with Crippen LogP contribution in [0.15, 0.2) is 24.3 Å². The Kier molecular flexibility index (Phi) is 2.74. The van der Waals surface area contributed by atoms with Crippen LogP contribution in [0.3, 0.4) is 0 Å². The van der Waals surface area contributed by atoms with E-state index in [0.29, 0.717) is 0 Å². The molecule has 1 aromatic carbocycles. The van der Waals surface area contributed by atoms with Gasteiger partial charge in [-0.3, -0.25) is 0 Å². The molecule has 0 aliphatic carbocycles. The summed E-state index contributed by atoms with van der Waals surface area (Å²) >= 11 is 0. The number of hydrogen-bond donors (Lipinski definition) is 2. The Hall–Kier alpha value is -1.32. The van der Waals surface area contributed by atoms with Gasteiger partial charge < -0.3 is 15.6 Å². The Morgan fingerprint density at radius 3 is 2.88 bits per heavy atom. The Morgan fingerprint density at radius 1 is 1.44 bits per heavy atom. The first-order valence-corrected chi connectivity index (χ1v) is 5.42. The molecule has 86 valence electrons. The van der Waals surface area contributed by atoms with Crippen LogP contribution in [0.4, 0.5) is 0 Å². The zero-order valence-corrected chi connectivity index (χ0v) is 9.60. The van der Waals surface area contributed by atoms with Crippen LogP contribution in [0.25, 0.3) is 6.08 Å². The van der Waals surface area contributed by atoms with Crippen molar-refractivity contribution in [3.8, 4) is 5.75 Å². The third-order valence-electron chi connectivity index (χ3n) is 2.68. The van der Waals surface area contributed by atoms with Gasteiger partial charge in [-0.05, 0) is 37.6 Å². The van der Waals surface area contributed by atoms with E-state index in [1.54, 1.807) is 0 Å². The predicted octanol–water partition coefficient (Wildman–Crippen LogP) is 1.86. The second-order valence-corrected chi connectivity index (χ2v) is 4.59. The minimum atomic E-state index is -0.603. The maximum absolute atomic E-state index is 9.64. The number of rotatable bonds is 2. The van der Waals surface area contributed by atoms with E-state index < -0.39 is 6.10 Å². The highest BCUT2D eigenvalue weighted by Gasteiger charge is 2.21. The van der Waals surface area contributed by atoms with E-state index in [4.69, 9.17) is 10.5 Å². The van der Waals surface area contributed by atoms with E-state index in [1.807, 2.05) is 44.2 Å². The van der Waals surface area contributed by atoms with E-state index in [-0.39, 0.29) is 12.1 Å². The molecule has 1 heterocycles. The van der Waals surface area contributed by atoms with Crippen molar-refractivity contribution in [2.24, 2.45) is 5.73 Å². The fraction of sp³-hybridized carbons (Fsp3) is 0.385. The van der Waals surface area contributed by atoms with Gasteiger partial charge >= 0.3 is 0 Å². The molecule has 0 bridgehead atoms. The second-order valence-electron chi connectivity index (χ2n) is 4.59. The number of aliphatic hydroxyl groups excluding tert-OH is 1. The molecule has 0 spiro atoms. The van der Waals surface area contributed by atoms with Crippen molar-refractivity contribution in [3.05, 3.63) is 35.4 Å². The molecule has 1 atom stereocenters. The van der Waals surface area contributed by atoms with Crippen LogP contribution in [-0.4, -0.2) is 17.3 Å². The van der Waals surface area contributed by atoms with Crippen molar-refractivity contribution < 1.29 is 9.84 Å². The summed E-state index contributed by atoms with van der Waals surface area (Å²) in [6.45, 7) is 4.25. The molecule has 1 aliphatic heterocycles. The lowest BCUT2D eigenvalue weighted by molar-refractivity contribution is 0.158. The summed E-state index contributed by atoms with van der Waals surface area (Å²) in [5, 5.41) is 9.64. The fourth-order valence-corrected chi connectivity index (χ4v) is 1.74. The lowest BCUT2D eigenvalue weighted by Gasteiger charge is -2.28. The van der Waals surface area contributed by atoms with Crippen LogP contribution in [0.5, 0.6) is 5.75 Å². The summed E-state index contributed by atoms with van der Waals surface area (Å²) in [7, 11) is 0. The van der Waals surface area contributed by atoms with Crippen molar-refractivity contribution in [3.63, 3.8) is 0 Å². The van der Waals surface area contributed by atoms with Crippen LogP contribution >= 0.6 is 0 Å². The maximum Gasteiger partial charge on any atom is 0.127 e. The van der Waals surface area contributed by atoms with E-state index in [9.17, 15) is 5.11 Å². The molecular formula is C13H17NO2. The summed E-state index contributed by atoms with van der Waals surface area (Å²) < 4.78 is 5.79. The van der Waals surface area contributed by atoms with Gasteiger partial charge in [-0.25, -0.2) is 0 Å².